The molecule has 1 amide bonds. The van der Waals surface area contributed by atoms with E-state index in [1.54, 1.807) is 17.8 Å². The summed E-state index contributed by atoms with van der Waals surface area (Å²) in [5, 5.41) is 7.70. The Hall–Kier alpha value is -3.56. The number of nitrogens with one attached hydrogen (secondary N) is 1. The Morgan fingerprint density at radius 1 is 0.947 bits per heavy atom. The van der Waals surface area contributed by atoms with E-state index < -0.39 is 0 Å². The molecular formula is C29H33FN6OS. The summed E-state index contributed by atoms with van der Waals surface area (Å²) in [4.78, 5) is 16.8. The second-order valence-corrected chi connectivity index (χ2v) is 10.4. The predicted octanol–water partition coefficient (Wildman–Crippen LogP) is 4.36. The maximum Gasteiger partial charge on any atom is 0.220 e. The number of carbonyl (C=O) groups is 1. The first-order chi connectivity index (χ1) is 18.7. The number of hydrogen-bond donors (Lipinski definition) is 1. The summed E-state index contributed by atoms with van der Waals surface area (Å²) in [5.41, 5.74) is 2.82. The van der Waals surface area contributed by atoms with Gasteiger partial charge in [-0.3, -0.25) is 9.69 Å². The van der Waals surface area contributed by atoms with Gasteiger partial charge in [-0.05, 0) is 36.4 Å². The Labute approximate surface area is 227 Å². The van der Waals surface area contributed by atoms with Crippen LogP contribution in [0.4, 0.5) is 10.1 Å². The van der Waals surface area contributed by atoms with Crippen molar-refractivity contribution in [3.8, 4) is 11.5 Å². The molecule has 0 radical (unpaired) electrons. The smallest absolute Gasteiger partial charge is 0.220 e. The molecule has 9 heteroatoms. The summed E-state index contributed by atoms with van der Waals surface area (Å²) >= 11 is 1.74. The molecule has 0 spiro atoms. The zero-order valence-electron chi connectivity index (χ0n) is 21.4. The molecule has 0 unspecified atom stereocenters. The molecule has 3 heterocycles. The van der Waals surface area contributed by atoms with E-state index in [-0.39, 0.29) is 11.7 Å². The van der Waals surface area contributed by atoms with Gasteiger partial charge in [0.05, 0.1) is 17.6 Å². The molecule has 1 aliphatic heterocycles. The summed E-state index contributed by atoms with van der Waals surface area (Å²) < 4.78 is 18.1. The lowest BCUT2D eigenvalue weighted by atomic mass is 10.2. The number of benzene rings is 2. The van der Waals surface area contributed by atoms with Crippen molar-refractivity contribution in [3.63, 3.8) is 0 Å². The normalized spacial score (nSPS) is 14.1. The summed E-state index contributed by atoms with van der Waals surface area (Å²) in [6.45, 7) is 4.74. The zero-order valence-corrected chi connectivity index (χ0v) is 22.2. The molecule has 7 nitrogen and oxygen atoms in total. The Bertz CT molecular complexity index is 1300. The summed E-state index contributed by atoms with van der Waals surface area (Å²) in [5.74, 6) is 2.45. The van der Waals surface area contributed by atoms with Gasteiger partial charge in [0.1, 0.15) is 11.6 Å². The topological polar surface area (TPSA) is 58.3 Å². The van der Waals surface area contributed by atoms with Crippen molar-refractivity contribution in [3.05, 3.63) is 96.7 Å². The van der Waals surface area contributed by atoms with Crippen LogP contribution in [0.1, 0.15) is 12.0 Å². The van der Waals surface area contributed by atoms with Gasteiger partial charge < -0.3 is 14.8 Å². The van der Waals surface area contributed by atoms with Crippen molar-refractivity contribution in [2.45, 2.75) is 12.2 Å². The minimum absolute atomic E-state index is 0.0770. The summed E-state index contributed by atoms with van der Waals surface area (Å²) in [7, 11) is 0. The number of anilines is 1. The third kappa shape index (κ3) is 6.46. The first-order valence-electron chi connectivity index (χ1n) is 13.0. The van der Waals surface area contributed by atoms with Crippen LogP contribution in [0.2, 0.25) is 0 Å². The number of nitrogens with zero attached hydrogens (tertiary/aromatic N) is 5. The molecule has 0 atom stereocenters. The van der Waals surface area contributed by atoms with E-state index in [9.17, 15) is 9.18 Å². The van der Waals surface area contributed by atoms with Crippen LogP contribution in [0.3, 0.4) is 0 Å². The van der Waals surface area contributed by atoms with Crippen LogP contribution in [0, 0.1) is 5.82 Å². The van der Waals surface area contributed by atoms with Gasteiger partial charge >= 0.3 is 0 Å². The lowest BCUT2D eigenvalue weighted by Crippen LogP contribution is -2.48. The summed E-state index contributed by atoms with van der Waals surface area (Å²) in [6, 6.07) is 21.1. The minimum atomic E-state index is -0.169. The highest BCUT2D eigenvalue weighted by Crippen LogP contribution is 2.24. The van der Waals surface area contributed by atoms with E-state index in [0.29, 0.717) is 18.7 Å². The highest BCUT2D eigenvalue weighted by molar-refractivity contribution is 7.98. The van der Waals surface area contributed by atoms with Crippen molar-refractivity contribution in [2.24, 2.45) is 0 Å². The number of carbonyl (C=O) groups excluding carboxylic acids is 1. The Balaban J connectivity index is 1.03. The van der Waals surface area contributed by atoms with Crippen LogP contribution < -0.4 is 10.2 Å². The van der Waals surface area contributed by atoms with Gasteiger partial charge in [-0.25, -0.2) is 9.07 Å². The standard InChI is InChI=1S/C29H33FN6OS/c30-26-10-4-5-11-27(26)34-19-17-33(18-20-34)16-13-31-28(37)12-21-38-23-24-22-32-36(25-8-2-1-3-9-25)29(24)35-14-6-7-15-35/h1-11,14-15,22H,12-13,16-21,23H2,(H,31,37). The highest BCUT2D eigenvalue weighted by atomic mass is 32.2. The van der Waals surface area contributed by atoms with Crippen molar-refractivity contribution in [2.75, 3.05) is 49.9 Å². The van der Waals surface area contributed by atoms with E-state index >= 15 is 0 Å². The summed E-state index contributed by atoms with van der Waals surface area (Å²) in [6.07, 6.45) is 6.45. The molecular weight excluding hydrogens is 499 g/mol. The number of hydrogen-bond acceptors (Lipinski definition) is 5. The Kier molecular flexibility index (Phi) is 8.78. The quantitative estimate of drug-likeness (QED) is 0.291. The van der Waals surface area contributed by atoms with Gasteiger partial charge in [-0.2, -0.15) is 16.9 Å². The number of thioether (sulfide) groups is 1. The van der Waals surface area contributed by atoms with Crippen molar-refractivity contribution in [1.29, 1.82) is 0 Å². The molecule has 1 saturated heterocycles. The second kappa shape index (κ2) is 12.8. The molecule has 5 rings (SSSR count). The van der Waals surface area contributed by atoms with Gasteiger partial charge in [-0.1, -0.05) is 30.3 Å². The molecule has 0 aliphatic carbocycles. The van der Waals surface area contributed by atoms with E-state index in [0.717, 1.165) is 61.3 Å². The van der Waals surface area contributed by atoms with Crippen LogP contribution in [0.25, 0.3) is 11.5 Å². The molecule has 1 aliphatic rings. The van der Waals surface area contributed by atoms with Gasteiger partial charge in [0.25, 0.3) is 0 Å². The minimum Gasteiger partial charge on any atom is -0.367 e. The molecule has 0 bridgehead atoms. The van der Waals surface area contributed by atoms with Gasteiger partial charge in [0.15, 0.2) is 0 Å². The lowest BCUT2D eigenvalue weighted by Gasteiger charge is -2.36. The number of para-hydroxylation sites is 2. The van der Waals surface area contributed by atoms with Crippen LogP contribution in [-0.4, -0.2) is 70.2 Å². The average molecular weight is 533 g/mol. The van der Waals surface area contributed by atoms with Crippen molar-refractivity contribution in [1.82, 2.24) is 24.6 Å². The average Bonchev–Trinajstić information content (AvgIpc) is 3.62. The van der Waals surface area contributed by atoms with Crippen LogP contribution in [0.5, 0.6) is 0 Å². The van der Waals surface area contributed by atoms with E-state index in [4.69, 9.17) is 0 Å². The molecule has 4 aromatic rings. The zero-order chi connectivity index (χ0) is 26.2. The van der Waals surface area contributed by atoms with Crippen LogP contribution >= 0.6 is 11.8 Å². The van der Waals surface area contributed by atoms with Crippen molar-refractivity contribution < 1.29 is 9.18 Å². The van der Waals surface area contributed by atoms with Crippen LogP contribution in [0.15, 0.2) is 85.3 Å². The molecule has 1 N–H and O–H groups in total. The number of aromatic nitrogens is 3. The highest BCUT2D eigenvalue weighted by Gasteiger charge is 2.19. The maximum atomic E-state index is 14.0. The van der Waals surface area contributed by atoms with Crippen LogP contribution in [-0.2, 0) is 10.5 Å². The van der Waals surface area contributed by atoms with Crippen molar-refractivity contribution >= 4 is 23.4 Å². The molecule has 2 aromatic heterocycles. The predicted molar refractivity (Wildman–Crippen MR) is 152 cm³/mol. The molecule has 198 valence electrons. The maximum absolute atomic E-state index is 14.0. The fraction of sp³-hybridized carbons (Fsp3) is 0.310. The van der Waals surface area contributed by atoms with Gasteiger partial charge in [0, 0.05) is 75.2 Å². The number of piperazine rings is 1. The van der Waals surface area contributed by atoms with E-state index in [2.05, 4.69) is 24.8 Å². The Morgan fingerprint density at radius 2 is 1.68 bits per heavy atom. The van der Waals surface area contributed by atoms with E-state index in [1.165, 1.54) is 6.07 Å². The molecule has 0 saturated carbocycles. The monoisotopic (exact) mass is 532 g/mol. The SMILES string of the molecule is O=C(CCSCc1cnn(-c2ccccc2)c1-n1cccc1)NCCN1CCN(c2ccccc2F)CC1. The first-order valence-corrected chi connectivity index (χ1v) is 14.2. The molecule has 38 heavy (non-hydrogen) atoms. The molecule has 1 fully saturated rings. The number of halogens is 1. The van der Waals surface area contributed by atoms with Gasteiger partial charge in [-0.15, -0.1) is 0 Å². The van der Waals surface area contributed by atoms with E-state index in [1.807, 2.05) is 77.9 Å². The fourth-order valence-corrected chi connectivity index (χ4v) is 5.59. The number of rotatable bonds is 11. The first kappa shape index (κ1) is 26.1. The third-order valence-electron chi connectivity index (χ3n) is 6.71. The second-order valence-electron chi connectivity index (χ2n) is 9.26. The third-order valence-corrected chi connectivity index (χ3v) is 7.72. The largest absolute Gasteiger partial charge is 0.367 e. The van der Waals surface area contributed by atoms with Gasteiger partial charge in [0.2, 0.25) is 5.91 Å². The Morgan fingerprint density at radius 3 is 2.45 bits per heavy atom. The number of amides is 1. The fourth-order valence-electron chi connectivity index (χ4n) is 4.70. The molecule has 2 aromatic carbocycles. The lowest BCUT2D eigenvalue weighted by molar-refractivity contribution is -0.120.